The standard InChI is InChI=1S/C25H27N3O5.C4H8O/c29-23-9-8-21(24(30)26-23)28-15-20-19(25(28)31)2-1-3-22(20)33-16-18-6-4-17(5-7-18)14-27-10-12-32-13-11-27;1-2-4-5-3-1/h1-7,21H,8-16H2,(H,26,29,30);1-4H2/t21-;/m0./s1. The number of amides is 3. The smallest absolute Gasteiger partial charge is 0.255 e. The average Bonchev–Trinajstić information content (AvgIpc) is 3.62. The number of fused-ring (bicyclic) bond motifs is 1. The van der Waals surface area contributed by atoms with Gasteiger partial charge < -0.3 is 19.1 Å². The second kappa shape index (κ2) is 12.5. The Balaban J connectivity index is 0.000000529. The molecule has 0 unspecified atom stereocenters. The molecule has 2 aromatic carbocycles. The van der Waals surface area contributed by atoms with Crippen LogP contribution in [0.5, 0.6) is 5.75 Å². The van der Waals surface area contributed by atoms with Crippen molar-refractivity contribution < 1.29 is 28.6 Å². The normalized spacial score (nSPS) is 21.5. The lowest BCUT2D eigenvalue weighted by Gasteiger charge is -2.29. The summed E-state index contributed by atoms with van der Waals surface area (Å²) in [5.74, 6) is -0.252. The van der Waals surface area contributed by atoms with Crippen LogP contribution in [-0.2, 0) is 38.8 Å². The van der Waals surface area contributed by atoms with Gasteiger partial charge in [-0.15, -0.1) is 0 Å². The molecule has 9 heteroatoms. The fourth-order valence-electron chi connectivity index (χ4n) is 5.12. The fraction of sp³-hybridized carbons (Fsp3) is 0.483. The van der Waals surface area contributed by atoms with E-state index in [0.717, 1.165) is 57.2 Å². The van der Waals surface area contributed by atoms with Gasteiger partial charge in [-0.3, -0.25) is 24.6 Å². The van der Waals surface area contributed by atoms with Crippen LogP contribution >= 0.6 is 0 Å². The highest BCUT2D eigenvalue weighted by atomic mass is 16.5. The molecule has 3 amide bonds. The first-order valence-electron chi connectivity index (χ1n) is 13.4. The Morgan fingerprint density at radius 2 is 1.61 bits per heavy atom. The predicted molar refractivity (Wildman–Crippen MR) is 139 cm³/mol. The Morgan fingerprint density at radius 1 is 0.895 bits per heavy atom. The molecule has 4 heterocycles. The lowest BCUT2D eigenvalue weighted by Crippen LogP contribution is -2.52. The van der Waals surface area contributed by atoms with Crippen molar-refractivity contribution in [3.05, 3.63) is 64.7 Å². The van der Waals surface area contributed by atoms with Crippen LogP contribution in [0.15, 0.2) is 42.5 Å². The zero-order chi connectivity index (χ0) is 26.3. The molecular weight excluding hydrogens is 486 g/mol. The van der Waals surface area contributed by atoms with Gasteiger partial charge in [-0.25, -0.2) is 0 Å². The van der Waals surface area contributed by atoms with Crippen LogP contribution in [0.2, 0.25) is 0 Å². The first-order chi connectivity index (χ1) is 18.6. The van der Waals surface area contributed by atoms with Gasteiger partial charge in [0.1, 0.15) is 18.4 Å². The molecule has 1 N–H and O–H groups in total. The molecule has 3 saturated heterocycles. The fourth-order valence-corrected chi connectivity index (χ4v) is 5.12. The lowest BCUT2D eigenvalue weighted by molar-refractivity contribution is -0.136. The van der Waals surface area contributed by atoms with Gasteiger partial charge in [0, 0.05) is 50.4 Å². The van der Waals surface area contributed by atoms with Crippen LogP contribution < -0.4 is 10.1 Å². The Kier molecular flexibility index (Phi) is 8.68. The third-order valence-corrected chi connectivity index (χ3v) is 7.29. The van der Waals surface area contributed by atoms with Crippen molar-refractivity contribution in [1.29, 1.82) is 0 Å². The minimum atomic E-state index is -0.630. The van der Waals surface area contributed by atoms with E-state index in [4.69, 9.17) is 14.2 Å². The summed E-state index contributed by atoms with van der Waals surface area (Å²) >= 11 is 0. The van der Waals surface area contributed by atoms with Crippen LogP contribution in [0.25, 0.3) is 0 Å². The van der Waals surface area contributed by atoms with Crippen molar-refractivity contribution in [1.82, 2.24) is 15.1 Å². The largest absolute Gasteiger partial charge is 0.489 e. The van der Waals surface area contributed by atoms with Crippen molar-refractivity contribution in [3.8, 4) is 5.75 Å². The van der Waals surface area contributed by atoms with Crippen molar-refractivity contribution in [2.45, 2.75) is 51.4 Å². The summed E-state index contributed by atoms with van der Waals surface area (Å²) in [5, 5.41) is 2.33. The maximum Gasteiger partial charge on any atom is 0.255 e. The van der Waals surface area contributed by atoms with E-state index in [2.05, 4.69) is 34.5 Å². The van der Waals surface area contributed by atoms with E-state index in [1.54, 1.807) is 17.0 Å². The Labute approximate surface area is 223 Å². The molecule has 6 rings (SSSR count). The van der Waals surface area contributed by atoms with Gasteiger partial charge in [-0.2, -0.15) is 0 Å². The van der Waals surface area contributed by atoms with Crippen LogP contribution in [0.3, 0.4) is 0 Å². The summed E-state index contributed by atoms with van der Waals surface area (Å²) in [4.78, 5) is 40.6. The summed E-state index contributed by atoms with van der Waals surface area (Å²) in [6.07, 6.45) is 3.14. The molecule has 9 nitrogen and oxygen atoms in total. The number of morpholine rings is 1. The number of benzene rings is 2. The third-order valence-electron chi connectivity index (χ3n) is 7.29. The van der Waals surface area contributed by atoms with Crippen molar-refractivity contribution in [2.24, 2.45) is 0 Å². The predicted octanol–water partition coefficient (Wildman–Crippen LogP) is 2.66. The van der Waals surface area contributed by atoms with Crippen LogP contribution in [-0.4, -0.2) is 73.1 Å². The molecule has 4 aliphatic heterocycles. The van der Waals surface area contributed by atoms with Crippen LogP contribution in [0, 0.1) is 0 Å². The van der Waals surface area contributed by atoms with E-state index in [9.17, 15) is 14.4 Å². The maximum atomic E-state index is 12.9. The van der Waals surface area contributed by atoms with E-state index in [1.807, 2.05) is 6.07 Å². The number of nitrogens with one attached hydrogen (secondary N) is 1. The molecule has 0 radical (unpaired) electrons. The van der Waals surface area contributed by atoms with E-state index in [1.165, 1.54) is 18.4 Å². The van der Waals surface area contributed by atoms with Gasteiger partial charge in [0.05, 0.1) is 19.8 Å². The molecule has 202 valence electrons. The molecule has 0 saturated carbocycles. The molecule has 2 aromatic rings. The van der Waals surface area contributed by atoms with Crippen molar-refractivity contribution >= 4 is 17.7 Å². The highest BCUT2D eigenvalue weighted by Crippen LogP contribution is 2.34. The van der Waals surface area contributed by atoms with Gasteiger partial charge in [0.25, 0.3) is 5.91 Å². The van der Waals surface area contributed by atoms with Crippen LogP contribution in [0.1, 0.15) is 52.7 Å². The number of ether oxygens (including phenoxy) is 3. The Bertz CT molecular complexity index is 1130. The molecule has 4 aliphatic rings. The zero-order valence-electron chi connectivity index (χ0n) is 21.7. The Hall–Kier alpha value is -3.27. The summed E-state index contributed by atoms with van der Waals surface area (Å²) in [6, 6.07) is 13.2. The molecule has 3 fully saturated rings. The van der Waals surface area contributed by atoms with E-state index in [0.29, 0.717) is 30.9 Å². The van der Waals surface area contributed by atoms with E-state index < -0.39 is 11.9 Å². The van der Waals surface area contributed by atoms with E-state index >= 15 is 0 Å². The van der Waals surface area contributed by atoms with Crippen molar-refractivity contribution in [2.75, 3.05) is 39.5 Å². The van der Waals surface area contributed by atoms with Gasteiger partial charge in [-0.1, -0.05) is 30.3 Å². The minimum Gasteiger partial charge on any atom is -0.489 e. The molecule has 1 atom stereocenters. The molecule has 0 spiro atoms. The summed E-state index contributed by atoms with van der Waals surface area (Å²) in [6.45, 7) is 7.09. The van der Waals surface area contributed by atoms with Gasteiger partial charge in [0.15, 0.2) is 0 Å². The number of piperidine rings is 1. The Morgan fingerprint density at radius 3 is 2.29 bits per heavy atom. The molecule has 0 bridgehead atoms. The zero-order valence-corrected chi connectivity index (χ0v) is 21.7. The van der Waals surface area contributed by atoms with Gasteiger partial charge in [-0.05, 0) is 42.5 Å². The van der Waals surface area contributed by atoms with Gasteiger partial charge in [0.2, 0.25) is 11.8 Å². The maximum absolute atomic E-state index is 12.9. The number of imide groups is 1. The minimum absolute atomic E-state index is 0.197. The number of rotatable bonds is 6. The summed E-state index contributed by atoms with van der Waals surface area (Å²) in [7, 11) is 0. The third kappa shape index (κ3) is 6.40. The monoisotopic (exact) mass is 521 g/mol. The molecule has 0 aliphatic carbocycles. The first-order valence-corrected chi connectivity index (χ1v) is 13.4. The van der Waals surface area contributed by atoms with Crippen LogP contribution in [0.4, 0.5) is 0 Å². The average molecular weight is 522 g/mol. The number of nitrogens with zero attached hydrogens (tertiary/aromatic N) is 2. The van der Waals surface area contributed by atoms with Gasteiger partial charge >= 0.3 is 0 Å². The first kappa shape index (κ1) is 26.3. The molecular formula is C29H35N3O6. The second-order valence-electron chi connectivity index (χ2n) is 10.00. The van der Waals surface area contributed by atoms with E-state index in [-0.39, 0.29) is 18.2 Å². The number of hydrogen-bond acceptors (Lipinski definition) is 7. The number of hydrogen-bond donors (Lipinski definition) is 1. The topological polar surface area (TPSA) is 97.4 Å². The lowest BCUT2D eigenvalue weighted by atomic mass is 10.0. The number of carbonyl (C=O) groups is 3. The quantitative estimate of drug-likeness (QED) is 0.584. The summed E-state index contributed by atoms with van der Waals surface area (Å²) < 4.78 is 16.4. The molecule has 38 heavy (non-hydrogen) atoms. The van der Waals surface area contributed by atoms with Crippen molar-refractivity contribution in [3.63, 3.8) is 0 Å². The second-order valence-corrected chi connectivity index (χ2v) is 10.00. The highest BCUT2D eigenvalue weighted by molar-refractivity contribution is 6.05. The SMILES string of the molecule is C1CCOC1.O=C1CC[C@H](N2Cc3c(OCc4ccc(CN5CCOCC5)cc4)cccc3C2=O)C(=O)N1. The summed E-state index contributed by atoms with van der Waals surface area (Å²) in [5.41, 5.74) is 3.64. The highest BCUT2D eigenvalue weighted by Gasteiger charge is 2.40. The molecule has 0 aromatic heterocycles. The number of carbonyl (C=O) groups excluding carboxylic acids is 3.